The van der Waals surface area contributed by atoms with Crippen LogP contribution in [0.3, 0.4) is 0 Å². The molecule has 1 aromatic carbocycles. The molecule has 30 heavy (non-hydrogen) atoms. The molecule has 1 spiro atoms. The fraction of sp³-hybridized carbons (Fsp3) is 0.667. The van der Waals surface area contributed by atoms with Crippen LogP contribution in [0, 0.1) is 6.92 Å². The standard InChI is InChI=1S/C24H35N3O3/c1-17-8-9-21-20(14-17)23(29)26(16-24(30-21)10-12-25(4)13-11-24)15-22(28)27-18(2)6-5-7-19(27)3/h8-9,14,18-19H,5-7,10-13,15-16H2,1-4H3/t18-,19-/m0/s1. The van der Waals surface area contributed by atoms with Crippen LogP contribution in [0.2, 0.25) is 0 Å². The number of aryl methyl sites for hydroxylation is 1. The van der Waals surface area contributed by atoms with Crippen molar-refractivity contribution in [3.63, 3.8) is 0 Å². The van der Waals surface area contributed by atoms with E-state index in [9.17, 15) is 9.59 Å². The summed E-state index contributed by atoms with van der Waals surface area (Å²) in [6.45, 7) is 8.68. The first-order valence-corrected chi connectivity index (χ1v) is 11.4. The second-order valence-electron chi connectivity index (χ2n) is 9.68. The second kappa shape index (κ2) is 8.22. The molecule has 3 aliphatic heterocycles. The Bertz CT molecular complexity index is 806. The number of carbonyl (C=O) groups excluding carboxylic acids is 2. The van der Waals surface area contributed by atoms with Crippen LogP contribution in [0.4, 0.5) is 0 Å². The quantitative estimate of drug-likeness (QED) is 0.748. The van der Waals surface area contributed by atoms with Crippen molar-refractivity contribution in [1.82, 2.24) is 14.7 Å². The zero-order valence-electron chi connectivity index (χ0n) is 18.8. The van der Waals surface area contributed by atoms with E-state index < -0.39 is 5.60 Å². The highest BCUT2D eigenvalue weighted by atomic mass is 16.5. The predicted octanol–water partition coefficient (Wildman–Crippen LogP) is 3.08. The minimum absolute atomic E-state index is 0.0576. The Kier molecular flexibility index (Phi) is 5.80. The molecule has 6 heteroatoms. The first kappa shape index (κ1) is 21.2. The highest BCUT2D eigenvalue weighted by Gasteiger charge is 2.43. The monoisotopic (exact) mass is 413 g/mol. The maximum atomic E-state index is 13.5. The summed E-state index contributed by atoms with van der Waals surface area (Å²) < 4.78 is 6.54. The molecule has 164 valence electrons. The molecule has 2 saturated heterocycles. The van der Waals surface area contributed by atoms with Crippen molar-refractivity contribution in [2.24, 2.45) is 0 Å². The lowest BCUT2D eigenvalue weighted by molar-refractivity contribution is -0.138. The summed E-state index contributed by atoms with van der Waals surface area (Å²) in [5.41, 5.74) is 1.18. The van der Waals surface area contributed by atoms with Crippen LogP contribution in [0.25, 0.3) is 0 Å². The van der Waals surface area contributed by atoms with Gasteiger partial charge in [-0.15, -0.1) is 0 Å². The third-order valence-corrected chi connectivity index (χ3v) is 7.16. The average Bonchev–Trinajstić information content (AvgIpc) is 2.80. The molecule has 0 bridgehead atoms. The van der Waals surface area contributed by atoms with Crippen molar-refractivity contribution in [3.8, 4) is 5.75 Å². The molecule has 1 aromatic rings. The summed E-state index contributed by atoms with van der Waals surface area (Å²) in [6, 6.07) is 6.27. The Labute approximate surface area is 180 Å². The molecule has 2 fully saturated rings. The van der Waals surface area contributed by atoms with Gasteiger partial charge in [-0.3, -0.25) is 9.59 Å². The number of fused-ring (bicyclic) bond motifs is 1. The second-order valence-corrected chi connectivity index (χ2v) is 9.68. The Morgan fingerprint density at radius 2 is 1.83 bits per heavy atom. The van der Waals surface area contributed by atoms with Crippen molar-refractivity contribution < 1.29 is 14.3 Å². The molecule has 0 radical (unpaired) electrons. The molecule has 0 saturated carbocycles. The number of benzene rings is 1. The Morgan fingerprint density at radius 1 is 1.17 bits per heavy atom. The molecule has 0 aromatic heterocycles. The lowest BCUT2D eigenvalue weighted by Crippen LogP contribution is -2.56. The van der Waals surface area contributed by atoms with Gasteiger partial charge in [-0.1, -0.05) is 11.6 Å². The average molecular weight is 414 g/mol. The van der Waals surface area contributed by atoms with Gasteiger partial charge in [-0.2, -0.15) is 0 Å². The van der Waals surface area contributed by atoms with E-state index in [2.05, 4.69) is 25.8 Å². The van der Waals surface area contributed by atoms with E-state index in [-0.39, 0.29) is 30.4 Å². The van der Waals surface area contributed by atoms with E-state index in [0.29, 0.717) is 17.9 Å². The van der Waals surface area contributed by atoms with E-state index in [4.69, 9.17) is 4.74 Å². The summed E-state index contributed by atoms with van der Waals surface area (Å²) in [5.74, 6) is 0.627. The summed E-state index contributed by atoms with van der Waals surface area (Å²) >= 11 is 0. The number of carbonyl (C=O) groups is 2. The first-order chi connectivity index (χ1) is 14.3. The third kappa shape index (κ3) is 4.07. The van der Waals surface area contributed by atoms with E-state index >= 15 is 0 Å². The molecule has 6 nitrogen and oxygen atoms in total. The molecule has 0 aliphatic carbocycles. The molecule has 4 rings (SSSR count). The normalized spacial score (nSPS) is 26.9. The number of ether oxygens (including phenoxy) is 1. The van der Waals surface area contributed by atoms with Crippen LogP contribution < -0.4 is 4.74 Å². The van der Waals surface area contributed by atoms with Gasteiger partial charge in [0.25, 0.3) is 5.91 Å². The number of rotatable bonds is 2. The van der Waals surface area contributed by atoms with Crippen molar-refractivity contribution in [1.29, 1.82) is 0 Å². The van der Waals surface area contributed by atoms with Crippen LogP contribution in [0.5, 0.6) is 5.75 Å². The largest absolute Gasteiger partial charge is 0.484 e. The van der Waals surface area contributed by atoms with Gasteiger partial charge in [-0.25, -0.2) is 0 Å². The molecule has 0 unspecified atom stereocenters. The van der Waals surface area contributed by atoms with E-state index in [0.717, 1.165) is 50.8 Å². The van der Waals surface area contributed by atoms with Crippen LogP contribution in [-0.2, 0) is 4.79 Å². The maximum absolute atomic E-state index is 13.5. The van der Waals surface area contributed by atoms with Gasteiger partial charge >= 0.3 is 0 Å². The molecular formula is C24H35N3O3. The van der Waals surface area contributed by atoms with Gasteiger partial charge in [0.15, 0.2) is 0 Å². The van der Waals surface area contributed by atoms with Crippen molar-refractivity contribution >= 4 is 11.8 Å². The topological polar surface area (TPSA) is 53.1 Å². The number of hydrogen-bond acceptors (Lipinski definition) is 4. The number of nitrogens with zero attached hydrogens (tertiary/aromatic N) is 3. The number of likely N-dealkylation sites (tertiary alicyclic amines) is 2. The summed E-state index contributed by atoms with van der Waals surface area (Å²) in [4.78, 5) is 32.9. The van der Waals surface area contributed by atoms with Crippen molar-refractivity contribution in [2.75, 3.05) is 33.2 Å². The number of hydrogen-bond donors (Lipinski definition) is 0. The SMILES string of the molecule is Cc1ccc2c(c1)C(=O)N(CC(=O)N1[C@@H](C)CCC[C@@H]1C)CC1(CCN(C)CC1)O2. The number of amides is 2. The lowest BCUT2D eigenvalue weighted by Gasteiger charge is -2.43. The highest BCUT2D eigenvalue weighted by molar-refractivity contribution is 5.99. The fourth-order valence-electron chi connectivity index (χ4n) is 5.33. The van der Waals surface area contributed by atoms with Gasteiger partial charge in [-0.05, 0) is 59.2 Å². The Morgan fingerprint density at radius 3 is 2.50 bits per heavy atom. The predicted molar refractivity (Wildman–Crippen MR) is 117 cm³/mol. The van der Waals surface area contributed by atoms with E-state index in [1.54, 1.807) is 4.90 Å². The lowest BCUT2D eigenvalue weighted by atomic mass is 9.90. The summed E-state index contributed by atoms with van der Waals surface area (Å²) in [6.07, 6.45) is 4.93. The van der Waals surface area contributed by atoms with Crippen LogP contribution in [0.1, 0.15) is 61.9 Å². The van der Waals surface area contributed by atoms with Gasteiger partial charge < -0.3 is 19.4 Å². The minimum atomic E-state index is -0.428. The van der Waals surface area contributed by atoms with Crippen LogP contribution in [0.15, 0.2) is 18.2 Å². The van der Waals surface area contributed by atoms with Gasteiger partial charge in [0.05, 0.1) is 12.1 Å². The van der Waals surface area contributed by atoms with E-state index in [1.807, 2.05) is 30.0 Å². The summed E-state index contributed by atoms with van der Waals surface area (Å²) in [5, 5.41) is 0. The molecule has 2 amide bonds. The highest BCUT2D eigenvalue weighted by Crippen LogP contribution is 2.36. The fourth-order valence-corrected chi connectivity index (χ4v) is 5.33. The molecule has 2 atom stereocenters. The van der Waals surface area contributed by atoms with Crippen LogP contribution in [-0.4, -0.2) is 77.4 Å². The molecule has 3 aliphatic rings. The minimum Gasteiger partial charge on any atom is -0.484 e. The van der Waals surface area contributed by atoms with Crippen LogP contribution >= 0.6 is 0 Å². The molecule has 0 N–H and O–H groups in total. The van der Waals surface area contributed by atoms with Gasteiger partial charge in [0.1, 0.15) is 17.9 Å². The number of piperidine rings is 2. The van der Waals surface area contributed by atoms with Crippen molar-refractivity contribution in [2.45, 2.75) is 70.6 Å². The maximum Gasteiger partial charge on any atom is 0.258 e. The molecular weight excluding hydrogens is 378 g/mol. The van der Waals surface area contributed by atoms with Gasteiger partial charge in [0.2, 0.25) is 5.91 Å². The zero-order valence-corrected chi connectivity index (χ0v) is 18.8. The Balaban J connectivity index is 1.63. The molecule has 3 heterocycles. The van der Waals surface area contributed by atoms with E-state index in [1.165, 1.54) is 0 Å². The Hall–Kier alpha value is -2.08. The van der Waals surface area contributed by atoms with Crippen molar-refractivity contribution in [3.05, 3.63) is 29.3 Å². The van der Waals surface area contributed by atoms with Gasteiger partial charge in [0, 0.05) is 38.0 Å². The summed E-state index contributed by atoms with van der Waals surface area (Å²) in [7, 11) is 2.12. The smallest absolute Gasteiger partial charge is 0.258 e. The first-order valence-electron chi connectivity index (χ1n) is 11.4. The third-order valence-electron chi connectivity index (χ3n) is 7.16. The zero-order chi connectivity index (χ0) is 21.5.